The number of benzene rings is 1. The quantitative estimate of drug-likeness (QED) is 0.150. The summed E-state index contributed by atoms with van der Waals surface area (Å²) in [5.74, 6) is -0.380. The van der Waals surface area contributed by atoms with Crippen molar-refractivity contribution in [1.82, 2.24) is 0 Å². The minimum absolute atomic E-state index is 0.181. The monoisotopic (exact) mass is 363 g/mol. The molecule has 0 amide bonds. The molecule has 0 radical (unpaired) electrons. The zero-order chi connectivity index (χ0) is 19.1. The highest BCUT2D eigenvalue weighted by Gasteiger charge is 2.36. The van der Waals surface area contributed by atoms with Crippen LogP contribution in [0.5, 0.6) is 0 Å². The lowest BCUT2D eigenvalue weighted by molar-refractivity contribution is 0.0600. The Morgan fingerprint density at radius 3 is 2.36 bits per heavy atom. The number of hydrogen-bond acceptors (Lipinski definition) is 4. The molecule has 7 heteroatoms. The van der Waals surface area contributed by atoms with E-state index in [1.807, 2.05) is 0 Å². The van der Waals surface area contributed by atoms with E-state index < -0.39 is 8.32 Å². The Labute approximate surface area is 151 Å². The van der Waals surface area contributed by atoms with Crippen molar-refractivity contribution in [3.8, 4) is 0 Å². The van der Waals surface area contributed by atoms with Gasteiger partial charge in [-0.05, 0) is 54.2 Å². The van der Waals surface area contributed by atoms with Crippen LogP contribution in [-0.4, -0.2) is 28.0 Å². The van der Waals surface area contributed by atoms with Crippen molar-refractivity contribution >= 4 is 14.3 Å². The van der Waals surface area contributed by atoms with Crippen LogP contribution in [0.4, 0.5) is 0 Å². The van der Waals surface area contributed by atoms with E-state index in [-0.39, 0.29) is 17.0 Å². The lowest BCUT2D eigenvalue weighted by Crippen LogP contribution is -2.41. The average Bonchev–Trinajstić information content (AvgIpc) is 2.56. The fraction of sp³-hybridized carbons (Fsp3) is 0.611. The van der Waals surface area contributed by atoms with Gasteiger partial charge in [0.15, 0.2) is 8.32 Å². The summed E-state index contributed by atoms with van der Waals surface area (Å²) in [4.78, 5) is 14.4. The average molecular weight is 364 g/mol. The second-order valence-corrected chi connectivity index (χ2v) is 12.4. The Bertz CT molecular complexity index is 617. The Morgan fingerprint density at radius 2 is 1.88 bits per heavy atom. The number of hydrogen-bond donors (Lipinski definition) is 0. The molecule has 6 nitrogen and oxygen atoms in total. The molecular weight excluding hydrogens is 334 g/mol. The van der Waals surface area contributed by atoms with Gasteiger partial charge in [-0.2, -0.15) is 0 Å². The molecule has 1 aromatic rings. The summed E-state index contributed by atoms with van der Waals surface area (Å²) >= 11 is 0. The van der Waals surface area contributed by atoms with Crippen molar-refractivity contribution in [1.29, 1.82) is 0 Å². The SMILES string of the molecule is COC(=O)c1ccc(C(CCCO[Si](C)(C)C(C)(C)C)N=[N+]=[N-])cc1. The molecule has 0 aliphatic heterocycles. The number of esters is 1. The number of carbonyl (C=O) groups excluding carboxylic acids is 1. The van der Waals surface area contributed by atoms with E-state index in [0.717, 1.165) is 12.0 Å². The molecule has 0 saturated heterocycles. The molecule has 25 heavy (non-hydrogen) atoms. The van der Waals surface area contributed by atoms with E-state index in [4.69, 9.17) is 9.96 Å². The van der Waals surface area contributed by atoms with Crippen molar-refractivity contribution in [2.45, 2.75) is 57.8 Å². The van der Waals surface area contributed by atoms with Crippen LogP contribution in [0.15, 0.2) is 29.4 Å². The van der Waals surface area contributed by atoms with E-state index in [0.29, 0.717) is 18.6 Å². The van der Waals surface area contributed by atoms with E-state index in [9.17, 15) is 4.79 Å². The summed E-state index contributed by atoms with van der Waals surface area (Å²) in [5.41, 5.74) is 10.2. The van der Waals surface area contributed by atoms with Gasteiger partial charge in [-0.25, -0.2) is 4.79 Å². The minimum atomic E-state index is -1.75. The number of azide groups is 1. The summed E-state index contributed by atoms with van der Waals surface area (Å²) in [6.07, 6.45) is 1.52. The van der Waals surface area contributed by atoms with Gasteiger partial charge in [-0.15, -0.1) is 0 Å². The third kappa shape index (κ3) is 6.19. The summed E-state index contributed by atoms with van der Waals surface area (Å²) in [7, 11) is -0.405. The lowest BCUT2D eigenvalue weighted by Gasteiger charge is -2.36. The second-order valence-electron chi connectivity index (χ2n) is 7.59. The van der Waals surface area contributed by atoms with Crippen LogP contribution in [0.3, 0.4) is 0 Å². The number of ether oxygens (including phenoxy) is 1. The van der Waals surface area contributed by atoms with Crippen molar-refractivity contribution in [3.63, 3.8) is 0 Å². The molecule has 0 aliphatic carbocycles. The molecule has 1 atom stereocenters. The molecule has 0 aromatic heterocycles. The summed E-state index contributed by atoms with van der Waals surface area (Å²) in [6.45, 7) is 11.8. The van der Waals surface area contributed by atoms with E-state index >= 15 is 0 Å². The number of carbonyl (C=O) groups is 1. The zero-order valence-corrected chi connectivity index (χ0v) is 17.1. The molecule has 0 fully saturated rings. The molecule has 138 valence electrons. The lowest BCUT2D eigenvalue weighted by atomic mass is 10.0. The molecule has 1 unspecified atom stereocenters. The molecule has 0 heterocycles. The molecule has 0 spiro atoms. The van der Waals surface area contributed by atoms with Crippen LogP contribution in [0, 0.1) is 0 Å². The molecule has 1 rings (SSSR count). The summed E-state index contributed by atoms with van der Waals surface area (Å²) in [5, 5.41) is 4.07. The smallest absolute Gasteiger partial charge is 0.337 e. The zero-order valence-electron chi connectivity index (χ0n) is 16.1. The molecule has 0 N–H and O–H groups in total. The van der Waals surface area contributed by atoms with Gasteiger partial charge in [-0.1, -0.05) is 38.0 Å². The predicted molar refractivity (Wildman–Crippen MR) is 102 cm³/mol. The summed E-state index contributed by atoms with van der Waals surface area (Å²) < 4.78 is 10.9. The van der Waals surface area contributed by atoms with Crippen LogP contribution in [0.25, 0.3) is 10.4 Å². The first-order valence-electron chi connectivity index (χ1n) is 8.49. The van der Waals surface area contributed by atoms with Gasteiger partial charge in [0.05, 0.1) is 18.7 Å². The van der Waals surface area contributed by atoms with Crippen molar-refractivity contribution < 1.29 is 14.0 Å². The number of rotatable bonds is 8. The van der Waals surface area contributed by atoms with Crippen LogP contribution in [0.2, 0.25) is 18.1 Å². The largest absolute Gasteiger partial charge is 0.465 e. The van der Waals surface area contributed by atoms with Crippen LogP contribution in [0.1, 0.15) is 55.6 Å². The summed E-state index contributed by atoms with van der Waals surface area (Å²) in [6, 6.07) is 6.72. The standard InChI is InChI=1S/C18H29N3O3Si/c1-18(2,3)25(5,6)24-13-7-8-16(20-21-19)14-9-11-15(12-10-14)17(22)23-4/h9-12,16H,7-8,13H2,1-6H3. The fourth-order valence-corrected chi connectivity index (χ4v) is 3.22. The predicted octanol–water partition coefficient (Wildman–Crippen LogP) is 5.63. The molecule has 0 saturated carbocycles. The maximum atomic E-state index is 11.5. The van der Waals surface area contributed by atoms with Crippen LogP contribution >= 0.6 is 0 Å². The van der Waals surface area contributed by atoms with Crippen LogP contribution in [-0.2, 0) is 9.16 Å². The maximum absolute atomic E-state index is 11.5. The second kappa shape index (κ2) is 9.04. The van der Waals surface area contributed by atoms with Crippen LogP contribution < -0.4 is 0 Å². The van der Waals surface area contributed by atoms with Gasteiger partial charge >= 0.3 is 5.97 Å². The Kier molecular flexibility index (Phi) is 7.67. The number of methoxy groups -OCH3 is 1. The van der Waals surface area contributed by atoms with Crippen molar-refractivity contribution in [2.24, 2.45) is 5.11 Å². The molecule has 1 aromatic carbocycles. The van der Waals surface area contributed by atoms with Crippen molar-refractivity contribution in [3.05, 3.63) is 45.8 Å². The van der Waals surface area contributed by atoms with E-state index in [1.54, 1.807) is 24.3 Å². The molecule has 0 aliphatic rings. The van der Waals surface area contributed by atoms with Gasteiger partial charge in [0.1, 0.15) is 0 Å². The maximum Gasteiger partial charge on any atom is 0.337 e. The first kappa shape index (κ1) is 21.2. The highest BCUT2D eigenvalue weighted by atomic mass is 28.4. The first-order chi connectivity index (χ1) is 11.6. The Hall–Kier alpha value is -1.82. The van der Waals surface area contributed by atoms with Gasteiger partial charge in [0, 0.05) is 11.5 Å². The normalized spacial score (nSPS) is 13.0. The topological polar surface area (TPSA) is 84.3 Å². The van der Waals surface area contributed by atoms with E-state index in [1.165, 1.54) is 7.11 Å². The first-order valence-corrected chi connectivity index (χ1v) is 11.4. The van der Waals surface area contributed by atoms with E-state index in [2.05, 4.69) is 48.6 Å². The third-order valence-corrected chi connectivity index (χ3v) is 9.34. The molecular formula is C18H29N3O3Si. The Balaban J connectivity index is 2.66. The van der Waals surface area contributed by atoms with Crippen molar-refractivity contribution in [2.75, 3.05) is 13.7 Å². The Morgan fingerprint density at radius 1 is 1.28 bits per heavy atom. The van der Waals surface area contributed by atoms with Gasteiger partial charge in [0.2, 0.25) is 0 Å². The highest BCUT2D eigenvalue weighted by Crippen LogP contribution is 2.36. The highest BCUT2D eigenvalue weighted by molar-refractivity contribution is 6.74. The number of nitrogens with zero attached hydrogens (tertiary/aromatic N) is 3. The van der Waals surface area contributed by atoms with Gasteiger partial charge in [-0.3, -0.25) is 0 Å². The van der Waals surface area contributed by atoms with Gasteiger partial charge < -0.3 is 9.16 Å². The fourth-order valence-electron chi connectivity index (χ4n) is 2.13. The molecule has 0 bridgehead atoms. The minimum Gasteiger partial charge on any atom is -0.465 e. The van der Waals surface area contributed by atoms with Gasteiger partial charge in [0.25, 0.3) is 0 Å². The third-order valence-electron chi connectivity index (χ3n) is 4.80.